The predicted octanol–water partition coefficient (Wildman–Crippen LogP) is 3.98. The summed E-state index contributed by atoms with van der Waals surface area (Å²) in [6.45, 7) is 11.2. The Morgan fingerprint density at radius 3 is 2.45 bits per heavy atom. The van der Waals surface area contributed by atoms with Crippen molar-refractivity contribution in [1.82, 2.24) is 10.2 Å². The second-order valence-corrected chi connectivity index (χ2v) is 5.67. The molecule has 3 heteroatoms. The quantitative estimate of drug-likeness (QED) is 0.702. The number of benzene rings is 1. The molecule has 0 radical (unpaired) electrons. The highest BCUT2D eigenvalue weighted by Gasteiger charge is 2.12. The number of nitrogens with one attached hydrogen (secondary N) is 1. The van der Waals surface area contributed by atoms with Crippen LogP contribution in [0.25, 0.3) is 0 Å². The molecule has 0 saturated carbocycles. The molecular weight excluding hydrogens is 268 g/mol. The van der Waals surface area contributed by atoms with E-state index in [1.807, 2.05) is 12.1 Å². The van der Waals surface area contributed by atoms with E-state index in [2.05, 4.69) is 43.1 Å². The summed E-state index contributed by atoms with van der Waals surface area (Å²) in [6, 6.07) is 8.70. The monoisotopic (exact) mass is 296 g/mol. The van der Waals surface area contributed by atoms with Crippen LogP contribution in [0, 0.1) is 0 Å². The molecule has 0 saturated heterocycles. The van der Waals surface area contributed by atoms with E-state index in [4.69, 9.17) is 11.6 Å². The van der Waals surface area contributed by atoms with E-state index in [-0.39, 0.29) is 0 Å². The highest BCUT2D eigenvalue weighted by Crippen LogP contribution is 2.17. The predicted molar refractivity (Wildman–Crippen MR) is 89.6 cm³/mol. The Kier molecular flexibility index (Phi) is 8.92. The summed E-state index contributed by atoms with van der Waals surface area (Å²) in [5.74, 6) is 0. The van der Waals surface area contributed by atoms with Crippen LogP contribution >= 0.6 is 11.6 Å². The smallest absolute Gasteiger partial charge is 0.0438 e. The zero-order valence-electron chi connectivity index (χ0n) is 13.2. The Morgan fingerprint density at radius 2 is 1.85 bits per heavy atom. The molecule has 0 fully saturated rings. The Hall–Kier alpha value is -0.570. The van der Waals surface area contributed by atoms with Crippen molar-refractivity contribution in [3.8, 4) is 0 Å². The summed E-state index contributed by atoms with van der Waals surface area (Å²) in [5, 5.41) is 4.55. The molecule has 0 bridgehead atoms. The van der Waals surface area contributed by atoms with Crippen LogP contribution in [0.1, 0.15) is 39.2 Å². The Labute approximate surface area is 129 Å². The van der Waals surface area contributed by atoms with Gasteiger partial charge in [-0.25, -0.2) is 0 Å². The molecule has 0 amide bonds. The fourth-order valence-corrected chi connectivity index (χ4v) is 2.65. The molecule has 0 aromatic heterocycles. The van der Waals surface area contributed by atoms with E-state index in [1.165, 1.54) is 18.4 Å². The van der Waals surface area contributed by atoms with Crippen LogP contribution in [0.15, 0.2) is 24.3 Å². The van der Waals surface area contributed by atoms with Gasteiger partial charge in [-0.2, -0.15) is 0 Å². The van der Waals surface area contributed by atoms with Gasteiger partial charge in [0.05, 0.1) is 0 Å². The van der Waals surface area contributed by atoms with Gasteiger partial charge in [-0.05, 0) is 57.1 Å². The van der Waals surface area contributed by atoms with Gasteiger partial charge < -0.3 is 10.2 Å². The normalized spacial score (nSPS) is 12.8. The van der Waals surface area contributed by atoms with Crippen molar-refractivity contribution in [2.24, 2.45) is 0 Å². The van der Waals surface area contributed by atoms with Crippen molar-refractivity contribution in [3.05, 3.63) is 34.9 Å². The molecule has 0 heterocycles. The minimum atomic E-state index is 0.510. The second kappa shape index (κ2) is 10.2. The van der Waals surface area contributed by atoms with Gasteiger partial charge in [0.25, 0.3) is 0 Å². The van der Waals surface area contributed by atoms with Gasteiger partial charge in [-0.1, -0.05) is 50.6 Å². The summed E-state index contributed by atoms with van der Waals surface area (Å²) in [4.78, 5) is 2.48. The Balaban J connectivity index is 2.57. The first-order valence-electron chi connectivity index (χ1n) is 7.90. The van der Waals surface area contributed by atoms with E-state index in [1.54, 1.807) is 0 Å². The highest BCUT2D eigenvalue weighted by atomic mass is 35.5. The summed E-state index contributed by atoms with van der Waals surface area (Å²) >= 11 is 6.28. The third-order valence-electron chi connectivity index (χ3n) is 3.80. The molecule has 1 atom stereocenters. The number of nitrogens with zero attached hydrogens (tertiary/aromatic N) is 1. The molecule has 1 N–H and O–H groups in total. The molecule has 0 aliphatic heterocycles. The van der Waals surface area contributed by atoms with Gasteiger partial charge in [-0.15, -0.1) is 0 Å². The molecule has 2 nitrogen and oxygen atoms in total. The van der Waals surface area contributed by atoms with Crippen LogP contribution in [0.2, 0.25) is 5.02 Å². The summed E-state index contributed by atoms with van der Waals surface area (Å²) in [5.41, 5.74) is 1.25. The van der Waals surface area contributed by atoms with Crippen molar-refractivity contribution in [2.75, 3.05) is 26.2 Å². The lowest BCUT2D eigenvalue weighted by Gasteiger charge is -2.24. The van der Waals surface area contributed by atoms with Crippen LogP contribution in [-0.2, 0) is 6.42 Å². The number of hydrogen-bond donors (Lipinski definition) is 1. The molecule has 0 aliphatic rings. The van der Waals surface area contributed by atoms with E-state index < -0.39 is 0 Å². The van der Waals surface area contributed by atoms with E-state index in [9.17, 15) is 0 Å². The average Bonchev–Trinajstić information content (AvgIpc) is 2.47. The Bertz CT molecular complexity index is 364. The molecule has 20 heavy (non-hydrogen) atoms. The maximum atomic E-state index is 6.28. The largest absolute Gasteiger partial charge is 0.314 e. The SMILES string of the molecule is CCCNC(CCN(CC)CC)Cc1ccccc1Cl. The highest BCUT2D eigenvalue weighted by molar-refractivity contribution is 6.31. The molecule has 1 aromatic carbocycles. The van der Waals surface area contributed by atoms with Crippen molar-refractivity contribution in [1.29, 1.82) is 0 Å². The lowest BCUT2D eigenvalue weighted by molar-refractivity contribution is 0.280. The lowest BCUT2D eigenvalue weighted by Crippen LogP contribution is -2.36. The maximum Gasteiger partial charge on any atom is 0.0438 e. The van der Waals surface area contributed by atoms with Crippen LogP contribution < -0.4 is 5.32 Å². The van der Waals surface area contributed by atoms with Crippen molar-refractivity contribution >= 4 is 11.6 Å². The van der Waals surface area contributed by atoms with Crippen LogP contribution in [0.3, 0.4) is 0 Å². The van der Waals surface area contributed by atoms with Gasteiger partial charge in [0.2, 0.25) is 0 Å². The molecule has 1 aromatic rings. The first kappa shape index (κ1) is 17.5. The minimum absolute atomic E-state index is 0.510. The standard InChI is InChI=1S/C17H29ClN2/c1-4-12-19-16(11-13-20(5-2)6-3)14-15-9-7-8-10-17(15)18/h7-10,16,19H,4-6,11-14H2,1-3H3. The molecule has 114 valence electrons. The first-order valence-corrected chi connectivity index (χ1v) is 8.28. The fourth-order valence-electron chi connectivity index (χ4n) is 2.43. The molecule has 1 rings (SSSR count). The maximum absolute atomic E-state index is 6.28. The van der Waals surface area contributed by atoms with E-state index >= 15 is 0 Å². The molecule has 1 unspecified atom stereocenters. The molecule has 0 aliphatic carbocycles. The summed E-state index contributed by atoms with van der Waals surface area (Å²) < 4.78 is 0. The first-order chi connectivity index (χ1) is 9.71. The van der Waals surface area contributed by atoms with E-state index in [0.29, 0.717) is 6.04 Å². The summed E-state index contributed by atoms with van der Waals surface area (Å²) in [6.07, 6.45) is 3.36. The fraction of sp³-hybridized carbons (Fsp3) is 0.647. The van der Waals surface area contributed by atoms with Crippen LogP contribution in [-0.4, -0.2) is 37.1 Å². The number of halogens is 1. The Morgan fingerprint density at radius 1 is 1.15 bits per heavy atom. The lowest BCUT2D eigenvalue weighted by atomic mass is 10.0. The van der Waals surface area contributed by atoms with Gasteiger partial charge in [0.15, 0.2) is 0 Å². The van der Waals surface area contributed by atoms with E-state index in [0.717, 1.165) is 37.6 Å². The topological polar surface area (TPSA) is 15.3 Å². The van der Waals surface area contributed by atoms with Gasteiger partial charge in [0.1, 0.15) is 0 Å². The van der Waals surface area contributed by atoms with Crippen LogP contribution in [0.5, 0.6) is 0 Å². The number of rotatable bonds is 10. The minimum Gasteiger partial charge on any atom is -0.314 e. The van der Waals surface area contributed by atoms with Gasteiger partial charge in [-0.3, -0.25) is 0 Å². The molecule has 0 spiro atoms. The molecular formula is C17H29ClN2. The van der Waals surface area contributed by atoms with Gasteiger partial charge in [0, 0.05) is 11.1 Å². The zero-order valence-corrected chi connectivity index (χ0v) is 13.9. The van der Waals surface area contributed by atoms with Crippen molar-refractivity contribution in [3.63, 3.8) is 0 Å². The van der Waals surface area contributed by atoms with Gasteiger partial charge >= 0.3 is 0 Å². The third-order valence-corrected chi connectivity index (χ3v) is 4.16. The van der Waals surface area contributed by atoms with Crippen LogP contribution in [0.4, 0.5) is 0 Å². The van der Waals surface area contributed by atoms with Crippen molar-refractivity contribution in [2.45, 2.75) is 46.1 Å². The second-order valence-electron chi connectivity index (χ2n) is 5.26. The summed E-state index contributed by atoms with van der Waals surface area (Å²) in [7, 11) is 0. The van der Waals surface area contributed by atoms with Crippen molar-refractivity contribution < 1.29 is 0 Å². The third kappa shape index (κ3) is 6.25. The average molecular weight is 297 g/mol. The number of hydrogen-bond acceptors (Lipinski definition) is 2. The zero-order chi connectivity index (χ0) is 14.8.